The van der Waals surface area contributed by atoms with Crippen molar-refractivity contribution in [3.05, 3.63) is 72.1 Å². The molecule has 0 radical (unpaired) electrons. The van der Waals surface area contributed by atoms with Gasteiger partial charge in [-0.25, -0.2) is 9.37 Å². The first-order chi connectivity index (χ1) is 14.2. The molecule has 0 aliphatic heterocycles. The molecule has 2 aromatic carbocycles. The third-order valence-corrected chi connectivity index (χ3v) is 4.58. The Morgan fingerprint density at radius 3 is 2.43 bits per heavy atom. The number of aryl methyl sites for hydroxylation is 1. The van der Waals surface area contributed by atoms with Crippen LogP contribution in [0, 0.1) is 5.82 Å². The Hall–Kier alpha value is -3.29. The second-order valence-corrected chi connectivity index (χ2v) is 7.17. The van der Waals surface area contributed by atoms with Crippen LogP contribution in [-0.4, -0.2) is 33.0 Å². The second kappa shape index (κ2) is 9.02. The van der Waals surface area contributed by atoms with E-state index in [1.165, 1.54) is 30.3 Å². The number of halogens is 3. The van der Waals surface area contributed by atoms with Crippen molar-refractivity contribution >= 4 is 5.91 Å². The summed E-state index contributed by atoms with van der Waals surface area (Å²) >= 11 is 0. The van der Waals surface area contributed by atoms with Gasteiger partial charge in [0.1, 0.15) is 17.3 Å². The number of benzene rings is 2. The van der Waals surface area contributed by atoms with Gasteiger partial charge in [0.2, 0.25) is 0 Å². The van der Waals surface area contributed by atoms with Gasteiger partial charge in [0.15, 0.2) is 0 Å². The average molecular weight is 417 g/mol. The molecule has 5 nitrogen and oxygen atoms in total. The van der Waals surface area contributed by atoms with Crippen molar-refractivity contribution in [2.45, 2.75) is 33.0 Å². The number of rotatable bonds is 7. The number of hydrogen-bond acceptors (Lipinski definition) is 3. The minimum absolute atomic E-state index is 0.00254. The lowest BCUT2D eigenvalue weighted by Gasteiger charge is -2.26. The Labute approximate surface area is 172 Å². The zero-order valence-electron chi connectivity index (χ0n) is 16.8. The summed E-state index contributed by atoms with van der Waals surface area (Å²) < 4.78 is 45.1. The maximum Gasteiger partial charge on any atom is 0.387 e. The molecule has 0 fully saturated rings. The Morgan fingerprint density at radius 2 is 1.87 bits per heavy atom. The van der Waals surface area contributed by atoms with E-state index in [1.807, 2.05) is 13.8 Å². The van der Waals surface area contributed by atoms with E-state index in [0.29, 0.717) is 16.8 Å². The fourth-order valence-electron chi connectivity index (χ4n) is 3.06. The van der Waals surface area contributed by atoms with Crippen LogP contribution in [0.3, 0.4) is 0 Å². The first-order valence-corrected chi connectivity index (χ1v) is 9.37. The van der Waals surface area contributed by atoms with E-state index in [9.17, 15) is 18.0 Å². The van der Waals surface area contributed by atoms with E-state index in [0.717, 1.165) is 5.56 Å². The number of carbonyl (C=O) groups is 1. The number of aromatic nitrogens is 2. The normalized spacial score (nSPS) is 11.2. The molecule has 1 amide bonds. The van der Waals surface area contributed by atoms with Crippen molar-refractivity contribution in [2.24, 2.45) is 7.05 Å². The van der Waals surface area contributed by atoms with Crippen molar-refractivity contribution in [3.8, 4) is 16.9 Å². The summed E-state index contributed by atoms with van der Waals surface area (Å²) in [5.74, 6) is -0.671. The van der Waals surface area contributed by atoms with E-state index >= 15 is 0 Å². The predicted octanol–water partition coefficient (Wildman–Crippen LogP) is 4.88. The number of nitrogens with zero attached hydrogens (tertiary/aromatic N) is 3. The standard InChI is InChI=1S/C22H22F3N3O2/c1-14(2)28(21(29)20-12-27(3)13-26-20)11-15-4-9-19(23)18(10-15)16-5-7-17(8-6-16)30-22(24)25/h4-10,12-14,22H,11H2,1-3H3. The molecule has 1 aromatic heterocycles. The Morgan fingerprint density at radius 1 is 1.17 bits per heavy atom. The zero-order valence-corrected chi connectivity index (χ0v) is 16.8. The highest BCUT2D eigenvalue weighted by atomic mass is 19.3. The van der Waals surface area contributed by atoms with E-state index in [1.54, 1.807) is 41.2 Å². The highest BCUT2D eigenvalue weighted by Gasteiger charge is 2.21. The van der Waals surface area contributed by atoms with Gasteiger partial charge in [-0.3, -0.25) is 4.79 Å². The highest BCUT2D eigenvalue weighted by Crippen LogP contribution is 2.27. The van der Waals surface area contributed by atoms with E-state index in [-0.39, 0.29) is 24.2 Å². The first-order valence-electron chi connectivity index (χ1n) is 9.37. The van der Waals surface area contributed by atoms with E-state index < -0.39 is 12.4 Å². The fraction of sp³-hybridized carbons (Fsp3) is 0.273. The largest absolute Gasteiger partial charge is 0.435 e. The van der Waals surface area contributed by atoms with Gasteiger partial charge in [-0.15, -0.1) is 0 Å². The van der Waals surface area contributed by atoms with Crippen LogP contribution < -0.4 is 4.74 Å². The Balaban J connectivity index is 1.85. The van der Waals surface area contributed by atoms with Gasteiger partial charge in [-0.2, -0.15) is 8.78 Å². The van der Waals surface area contributed by atoms with Crippen molar-refractivity contribution in [1.29, 1.82) is 0 Å². The molecule has 0 aliphatic rings. The van der Waals surface area contributed by atoms with Crippen LogP contribution in [-0.2, 0) is 13.6 Å². The quantitative estimate of drug-likeness (QED) is 0.551. The van der Waals surface area contributed by atoms with Gasteiger partial charge in [0.25, 0.3) is 5.91 Å². The second-order valence-electron chi connectivity index (χ2n) is 7.17. The molecule has 1 heterocycles. The van der Waals surface area contributed by atoms with Crippen LogP contribution in [0.1, 0.15) is 29.9 Å². The predicted molar refractivity (Wildman–Crippen MR) is 107 cm³/mol. The van der Waals surface area contributed by atoms with Crippen molar-refractivity contribution in [3.63, 3.8) is 0 Å². The Kier molecular flexibility index (Phi) is 6.44. The number of alkyl halides is 2. The van der Waals surface area contributed by atoms with Crippen molar-refractivity contribution < 1.29 is 22.7 Å². The highest BCUT2D eigenvalue weighted by molar-refractivity contribution is 5.92. The third-order valence-electron chi connectivity index (χ3n) is 4.58. The molecule has 0 spiro atoms. The fourth-order valence-corrected chi connectivity index (χ4v) is 3.06. The van der Waals surface area contributed by atoms with Crippen LogP contribution in [0.5, 0.6) is 5.75 Å². The summed E-state index contributed by atoms with van der Waals surface area (Å²) in [6.07, 6.45) is 3.21. The molecule has 0 saturated heterocycles. The van der Waals surface area contributed by atoms with E-state index in [4.69, 9.17) is 0 Å². The average Bonchev–Trinajstić information content (AvgIpc) is 3.13. The van der Waals surface area contributed by atoms with E-state index in [2.05, 4.69) is 9.72 Å². The lowest BCUT2D eigenvalue weighted by Crippen LogP contribution is -2.36. The number of carbonyl (C=O) groups excluding carboxylic acids is 1. The first kappa shape index (κ1) is 21.4. The van der Waals surface area contributed by atoms with Crippen LogP contribution in [0.25, 0.3) is 11.1 Å². The molecule has 30 heavy (non-hydrogen) atoms. The SMILES string of the molecule is CC(C)N(Cc1ccc(F)c(-c2ccc(OC(F)F)cc2)c1)C(=O)c1cn(C)cn1. The number of amides is 1. The maximum atomic E-state index is 14.4. The molecule has 3 rings (SSSR count). The molecule has 0 saturated carbocycles. The molecule has 0 unspecified atom stereocenters. The van der Waals surface area contributed by atoms with Gasteiger partial charge < -0.3 is 14.2 Å². The van der Waals surface area contributed by atoms with Crippen LogP contribution in [0.15, 0.2) is 55.0 Å². The van der Waals surface area contributed by atoms with Crippen LogP contribution >= 0.6 is 0 Å². The molecule has 3 aromatic rings. The number of hydrogen-bond donors (Lipinski definition) is 0. The lowest BCUT2D eigenvalue weighted by atomic mass is 10.0. The molecule has 8 heteroatoms. The monoisotopic (exact) mass is 417 g/mol. The molecule has 158 valence electrons. The summed E-state index contributed by atoms with van der Waals surface area (Å²) in [6.45, 7) is 1.14. The number of imidazole rings is 1. The van der Waals surface area contributed by atoms with Crippen molar-refractivity contribution in [1.82, 2.24) is 14.5 Å². The smallest absolute Gasteiger partial charge is 0.387 e. The molecule has 0 atom stereocenters. The van der Waals surface area contributed by atoms with Gasteiger partial charge >= 0.3 is 6.61 Å². The minimum Gasteiger partial charge on any atom is -0.435 e. The van der Waals surface area contributed by atoms with Crippen LogP contribution in [0.4, 0.5) is 13.2 Å². The summed E-state index contributed by atoms with van der Waals surface area (Å²) in [7, 11) is 1.79. The summed E-state index contributed by atoms with van der Waals surface area (Å²) in [6, 6.07) is 10.3. The van der Waals surface area contributed by atoms with Gasteiger partial charge in [0, 0.05) is 31.4 Å². The third kappa shape index (κ3) is 5.00. The van der Waals surface area contributed by atoms with Gasteiger partial charge in [-0.1, -0.05) is 18.2 Å². The molecular formula is C22H22F3N3O2. The van der Waals surface area contributed by atoms with Gasteiger partial charge in [-0.05, 0) is 49.2 Å². The summed E-state index contributed by atoms with van der Waals surface area (Å²) in [5, 5.41) is 0. The number of ether oxygens (including phenoxy) is 1. The van der Waals surface area contributed by atoms with Crippen molar-refractivity contribution in [2.75, 3.05) is 0 Å². The lowest BCUT2D eigenvalue weighted by molar-refractivity contribution is -0.0498. The molecule has 0 N–H and O–H groups in total. The molecular weight excluding hydrogens is 395 g/mol. The van der Waals surface area contributed by atoms with Crippen LogP contribution in [0.2, 0.25) is 0 Å². The topological polar surface area (TPSA) is 47.4 Å². The molecule has 0 aliphatic carbocycles. The maximum absolute atomic E-state index is 14.4. The van der Waals surface area contributed by atoms with Gasteiger partial charge in [0.05, 0.1) is 6.33 Å². The summed E-state index contributed by atoms with van der Waals surface area (Å²) in [5.41, 5.74) is 1.90. The molecule has 0 bridgehead atoms. The zero-order chi connectivity index (χ0) is 21.8. The minimum atomic E-state index is -2.92. The Bertz CT molecular complexity index is 1020. The summed E-state index contributed by atoms with van der Waals surface area (Å²) in [4.78, 5) is 18.6.